The molecule has 4 heteroatoms. The summed E-state index contributed by atoms with van der Waals surface area (Å²) in [5, 5.41) is 12.1. The van der Waals surface area contributed by atoms with Crippen molar-refractivity contribution in [2.24, 2.45) is 0 Å². The predicted octanol–water partition coefficient (Wildman–Crippen LogP) is 1.70. The predicted molar refractivity (Wildman–Crippen MR) is 40.6 cm³/mol. The summed E-state index contributed by atoms with van der Waals surface area (Å²) in [4.78, 5) is 11.6. The lowest BCUT2D eigenvalue weighted by Gasteiger charge is -2.08. The Hall–Kier alpha value is -0.900. The zero-order valence-corrected chi connectivity index (χ0v) is 6.04. The maximum atomic E-state index is 10.3. The van der Waals surface area contributed by atoms with Gasteiger partial charge in [-0.05, 0) is 10.8 Å². The highest BCUT2D eigenvalue weighted by atomic mass is 32.2. The molecule has 1 amide bonds. The van der Waals surface area contributed by atoms with E-state index >= 15 is 0 Å². The number of carbonyl (C=O) groups is 1. The Morgan fingerprint density at radius 3 is 3.10 bits per heavy atom. The third-order valence-corrected chi connectivity index (χ3v) is 1.67. The van der Waals surface area contributed by atoms with E-state index in [1.54, 1.807) is 17.7 Å². The molecule has 3 nitrogen and oxygen atoms in total. The second-order valence-electron chi connectivity index (χ2n) is 1.73. The molecule has 0 aromatic heterocycles. The molecule has 1 aliphatic heterocycles. The Kier molecular flexibility index (Phi) is 2.39. The average Bonchev–Trinajstić information content (AvgIpc) is 2.12. The summed E-state index contributed by atoms with van der Waals surface area (Å²) in [6, 6.07) is 0. The molecule has 0 fully saturated rings. The molecule has 1 N–H and O–H groups in total. The molecule has 0 aliphatic carbocycles. The van der Waals surface area contributed by atoms with E-state index in [4.69, 9.17) is 5.11 Å². The van der Waals surface area contributed by atoms with Gasteiger partial charge >= 0.3 is 6.09 Å². The molecule has 0 unspecified atom stereocenters. The first kappa shape index (κ1) is 7.21. The summed E-state index contributed by atoms with van der Waals surface area (Å²) >= 11 is 1.47. The van der Waals surface area contributed by atoms with Gasteiger partial charge in [0.2, 0.25) is 0 Å². The third-order valence-electron chi connectivity index (χ3n) is 1.04. The molecular formula is C6H7NO2S. The monoisotopic (exact) mass is 157 g/mol. The fourth-order valence-electron chi connectivity index (χ4n) is 0.569. The van der Waals surface area contributed by atoms with Crippen LogP contribution in [0.2, 0.25) is 0 Å². The zero-order chi connectivity index (χ0) is 7.40. The van der Waals surface area contributed by atoms with Crippen molar-refractivity contribution in [1.82, 2.24) is 4.90 Å². The first-order valence-electron chi connectivity index (χ1n) is 2.77. The van der Waals surface area contributed by atoms with Gasteiger partial charge in [-0.3, -0.25) is 4.90 Å². The van der Waals surface area contributed by atoms with Crippen molar-refractivity contribution in [3.63, 3.8) is 0 Å². The molecule has 10 heavy (non-hydrogen) atoms. The van der Waals surface area contributed by atoms with E-state index in [1.165, 1.54) is 16.7 Å². The summed E-state index contributed by atoms with van der Waals surface area (Å²) in [5.41, 5.74) is 0. The topological polar surface area (TPSA) is 40.5 Å². The Labute approximate surface area is 63.0 Å². The van der Waals surface area contributed by atoms with Gasteiger partial charge in [0.25, 0.3) is 0 Å². The summed E-state index contributed by atoms with van der Waals surface area (Å²) in [6.07, 6.45) is 2.44. The van der Waals surface area contributed by atoms with Gasteiger partial charge in [0.1, 0.15) is 0 Å². The highest BCUT2D eigenvalue weighted by Gasteiger charge is 2.05. The second kappa shape index (κ2) is 3.31. The summed E-state index contributed by atoms with van der Waals surface area (Å²) < 4.78 is 0. The van der Waals surface area contributed by atoms with Crippen molar-refractivity contribution in [2.75, 3.05) is 6.54 Å². The molecule has 0 aromatic rings. The molecule has 1 heterocycles. The molecular weight excluding hydrogens is 150 g/mol. The largest absolute Gasteiger partial charge is 0.465 e. The van der Waals surface area contributed by atoms with Crippen LogP contribution < -0.4 is 0 Å². The minimum absolute atomic E-state index is 0.443. The lowest BCUT2D eigenvalue weighted by Crippen LogP contribution is -2.22. The lowest BCUT2D eigenvalue weighted by atomic mass is 10.5. The Morgan fingerprint density at radius 2 is 2.40 bits per heavy atom. The number of hydrogen-bond donors (Lipinski definition) is 1. The third kappa shape index (κ3) is 1.80. The standard InChI is InChI=1S/C6H7NO2S/c8-6(9)7-2-1-4-10-5-3-7/h1,3-5H,2H2,(H,8,9). The number of thioether (sulfide) groups is 1. The molecule has 54 valence electrons. The molecule has 1 rings (SSSR count). The van der Waals surface area contributed by atoms with Crippen LogP contribution in [-0.4, -0.2) is 22.6 Å². The Morgan fingerprint density at radius 1 is 1.60 bits per heavy atom. The SMILES string of the molecule is O=C(O)N1C=CSC=CC1. The quantitative estimate of drug-likeness (QED) is 0.581. The molecule has 0 saturated carbocycles. The van der Waals surface area contributed by atoms with Crippen LogP contribution in [-0.2, 0) is 0 Å². The summed E-state index contributed by atoms with van der Waals surface area (Å²) in [5.74, 6) is 0. The van der Waals surface area contributed by atoms with Crippen molar-refractivity contribution < 1.29 is 9.90 Å². The van der Waals surface area contributed by atoms with Gasteiger partial charge in [0, 0.05) is 12.7 Å². The van der Waals surface area contributed by atoms with Gasteiger partial charge in [-0.2, -0.15) is 0 Å². The minimum atomic E-state index is -0.914. The van der Waals surface area contributed by atoms with E-state index in [2.05, 4.69) is 0 Å². The van der Waals surface area contributed by atoms with Crippen molar-refractivity contribution in [2.45, 2.75) is 0 Å². The van der Waals surface area contributed by atoms with Gasteiger partial charge in [0.05, 0.1) is 0 Å². The molecule has 0 spiro atoms. The van der Waals surface area contributed by atoms with Crippen LogP contribution in [0.25, 0.3) is 0 Å². The minimum Gasteiger partial charge on any atom is -0.465 e. The van der Waals surface area contributed by atoms with Crippen LogP contribution in [0.4, 0.5) is 4.79 Å². The first-order valence-corrected chi connectivity index (χ1v) is 3.71. The van der Waals surface area contributed by atoms with Crippen LogP contribution in [0.3, 0.4) is 0 Å². The maximum Gasteiger partial charge on any atom is 0.411 e. The molecule has 0 atom stereocenters. The number of hydrogen-bond acceptors (Lipinski definition) is 2. The van der Waals surface area contributed by atoms with Gasteiger partial charge in [-0.25, -0.2) is 4.79 Å². The molecule has 0 aromatic carbocycles. The van der Waals surface area contributed by atoms with Gasteiger partial charge in [-0.1, -0.05) is 6.08 Å². The molecule has 1 aliphatic rings. The van der Waals surface area contributed by atoms with E-state index in [0.29, 0.717) is 6.54 Å². The van der Waals surface area contributed by atoms with Crippen LogP contribution in [0.5, 0.6) is 0 Å². The van der Waals surface area contributed by atoms with Crippen LogP contribution in [0.15, 0.2) is 23.1 Å². The van der Waals surface area contributed by atoms with Crippen molar-refractivity contribution in [3.05, 3.63) is 23.1 Å². The molecule has 0 radical (unpaired) electrons. The van der Waals surface area contributed by atoms with E-state index in [0.717, 1.165) is 0 Å². The number of rotatable bonds is 0. The fraction of sp³-hybridized carbons (Fsp3) is 0.167. The van der Waals surface area contributed by atoms with E-state index < -0.39 is 6.09 Å². The molecule has 0 bridgehead atoms. The second-order valence-corrected chi connectivity index (χ2v) is 2.54. The Balaban J connectivity index is 2.60. The molecule has 0 saturated heterocycles. The van der Waals surface area contributed by atoms with E-state index in [1.807, 2.05) is 5.41 Å². The summed E-state index contributed by atoms with van der Waals surface area (Å²) in [7, 11) is 0. The van der Waals surface area contributed by atoms with Gasteiger partial charge < -0.3 is 5.11 Å². The maximum absolute atomic E-state index is 10.3. The Bertz CT molecular complexity index is 188. The van der Waals surface area contributed by atoms with E-state index in [9.17, 15) is 4.79 Å². The first-order chi connectivity index (χ1) is 4.80. The van der Waals surface area contributed by atoms with Crippen LogP contribution in [0, 0.1) is 0 Å². The van der Waals surface area contributed by atoms with E-state index in [-0.39, 0.29) is 0 Å². The van der Waals surface area contributed by atoms with Crippen LogP contribution >= 0.6 is 11.8 Å². The smallest absolute Gasteiger partial charge is 0.411 e. The van der Waals surface area contributed by atoms with Gasteiger partial charge in [0.15, 0.2) is 0 Å². The number of nitrogens with zero attached hydrogens (tertiary/aromatic N) is 1. The number of amides is 1. The average molecular weight is 157 g/mol. The number of carboxylic acid groups (broad SMARTS) is 1. The van der Waals surface area contributed by atoms with Crippen molar-refractivity contribution in [3.8, 4) is 0 Å². The summed E-state index contributed by atoms with van der Waals surface area (Å²) in [6.45, 7) is 0.443. The normalized spacial score (nSPS) is 17.0. The fourth-order valence-corrected chi connectivity index (χ4v) is 1.07. The van der Waals surface area contributed by atoms with Crippen molar-refractivity contribution >= 4 is 17.9 Å². The lowest BCUT2D eigenvalue weighted by molar-refractivity contribution is 0.167. The van der Waals surface area contributed by atoms with Crippen molar-refractivity contribution in [1.29, 1.82) is 0 Å². The highest BCUT2D eigenvalue weighted by Crippen LogP contribution is 2.09. The highest BCUT2D eigenvalue weighted by molar-refractivity contribution is 8.04. The van der Waals surface area contributed by atoms with Crippen LogP contribution in [0.1, 0.15) is 0 Å². The van der Waals surface area contributed by atoms with Gasteiger partial charge in [-0.15, -0.1) is 11.8 Å². The zero-order valence-electron chi connectivity index (χ0n) is 5.23.